The molecule has 0 aliphatic carbocycles. The van der Waals surface area contributed by atoms with Crippen LogP contribution in [0, 0.1) is 0 Å². The molecule has 3 aromatic rings. The largest absolute Gasteiger partial charge is 0.435 e. The van der Waals surface area contributed by atoms with Crippen LogP contribution in [0.15, 0.2) is 58.4 Å². The van der Waals surface area contributed by atoms with Gasteiger partial charge >= 0.3 is 6.61 Å². The molecule has 0 aliphatic rings. The number of ether oxygens (including phenoxy) is 1. The fourth-order valence-corrected chi connectivity index (χ4v) is 2.87. The standard InChI is InChI=1S/C17H13F2N3O3S/c1-10(14(23)11-2-4-13(5-3-11)24-16(18)19)26-17-22-21-15(25-17)12-6-8-20-9-7-12/h2-10,16H,1H3. The molecule has 0 bridgehead atoms. The average molecular weight is 377 g/mol. The molecular formula is C17H13F2N3O3S. The number of hydrogen-bond donors (Lipinski definition) is 0. The van der Waals surface area contributed by atoms with Crippen molar-refractivity contribution in [3.63, 3.8) is 0 Å². The number of alkyl halides is 2. The Bertz CT molecular complexity index is 872. The lowest BCUT2D eigenvalue weighted by Crippen LogP contribution is -2.13. The van der Waals surface area contributed by atoms with Gasteiger partial charge in [0.25, 0.3) is 5.22 Å². The van der Waals surface area contributed by atoms with Gasteiger partial charge in [0.05, 0.1) is 5.25 Å². The van der Waals surface area contributed by atoms with Crippen molar-refractivity contribution in [2.75, 3.05) is 0 Å². The zero-order chi connectivity index (χ0) is 18.5. The lowest BCUT2D eigenvalue weighted by atomic mass is 10.1. The van der Waals surface area contributed by atoms with Gasteiger partial charge in [-0.25, -0.2) is 0 Å². The summed E-state index contributed by atoms with van der Waals surface area (Å²) in [6.45, 7) is -1.20. The summed E-state index contributed by atoms with van der Waals surface area (Å²) in [6, 6.07) is 9.00. The Morgan fingerprint density at radius 2 is 1.81 bits per heavy atom. The molecule has 0 aliphatic heterocycles. The van der Waals surface area contributed by atoms with Crippen LogP contribution in [0.1, 0.15) is 17.3 Å². The Morgan fingerprint density at radius 1 is 1.12 bits per heavy atom. The van der Waals surface area contributed by atoms with Gasteiger partial charge in [-0.2, -0.15) is 8.78 Å². The number of ketones is 1. The van der Waals surface area contributed by atoms with E-state index in [0.717, 1.165) is 17.3 Å². The SMILES string of the molecule is CC(Sc1nnc(-c2ccncc2)o1)C(=O)c1ccc(OC(F)F)cc1. The normalized spacial score (nSPS) is 12.2. The number of Topliss-reactive ketones (excluding diaryl/α,β-unsaturated/α-hetero) is 1. The highest BCUT2D eigenvalue weighted by Gasteiger charge is 2.20. The van der Waals surface area contributed by atoms with Crippen LogP contribution in [0.4, 0.5) is 8.78 Å². The van der Waals surface area contributed by atoms with Crippen LogP contribution in [0.2, 0.25) is 0 Å². The van der Waals surface area contributed by atoms with Crippen molar-refractivity contribution in [3.05, 3.63) is 54.4 Å². The molecule has 0 saturated heterocycles. The number of hydrogen-bond acceptors (Lipinski definition) is 7. The van der Waals surface area contributed by atoms with Gasteiger partial charge in [-0.1, -0.05) is 11.8 Å². The molecule has 0 N–H and O–H groups in total. The number of carbonyl (C=O) groups excluding carboxylic acids is 1. The molecular weight excluding hydrogens is 364 g/mol. The summed E-state index contributed by atoms with van der Waals surface area (Å²) < 4.78 is 34.1. The maximum absolute atomic E-state index is 12.5. The summed E-state index contributed by atoms with van der Waals surface area (Å²) in [7, 11) is 0. The molecule has 1 aromatic carbocycles. The minimum absolute atomic E-state index is 0.00394. The lowest BCUT2D eigenvalue weighted by Gasteiger charge is -2.09. The van der Waals surface area contributed by atoms with E-state index in [2.05, 4.69) is 19.9 Å². The fraction of sp³-hybridized carbons (Fsp3) is 0.176. The van der Waals surface area contributed by atoms with Crippen LogP contribution < -0.4 is 4.74 Å². The number of rotatable bonds is 7. The zero-order valence-electron chi connectivity index (χ0n) is 13.5. The molecule has 0 radical (unpaired) electrons. The van der Waals surface area contributed by atoms with E-state index in [1.807, 2.05) is 0 Å². The van der Waals surface area contributed by atoms with E-state index in [4.69, 9.17) is 4.42 Å². The molecule has 0 spiro atoms. The smallest absolute Gasteiger partial charge is 0.387 e. The van der Waals surface area contributed by atoms with E-state index in [1.165, 1.54) is 24.3 Å². The van der Waals surface area contributed by atoms with Crippen LogP contribution >= 0.6 is 11.8 Å². The first-order valence-corrected chi connectivity index (χ1v) is 8.40. The van der Waals surface area contributed by atoms with Crippen LogP contribution in [0.25, 0.3) is 11.5 Å². The van der Waals surface area contributed by atoms with Crippen LogP contribution in [-0.4, -0.2) is 32.8 Å². The second kappa shape index (κ2) is 8.05. The van der Waals surface area contributed by atoms with Crippen molar-refractivity contribution < 1.29 is 22.7 Å². The molecule has 0 amide bonds. The topological polar surface area (TPSA) is 78.1 Å². The number of aromatic nitrogens is 3. The van der Waals surface area contributed by atoms with Gasteiger partial charge in [0.1, 0.15) is 5.75 Å². The van der Waals surface area contributed by atoms with Gasteiger partial charge in [0, 0.05) is 23.5 Å². The quantitative estimate of drug-likeness (QED) is 0.453. The first-order valence-electron chi connectivity index (χ1n) is 7.52. The first kappa shape index (κ1) is 18.0. The monoisotopic (exact) mass is 377 g/mol. The maximum atomic E-state index is 12.5. The van der Waals surface area contributed by atoms with Crippen LogP contribution in [-0.2, 0) is 0 Å². The second-order valence-electron chi connectivity index (χ2n) is 5.14. The molecule has 2 heterocycles. The van der Waals surface area contributed by atoms with Crippen molar-refractivity contribution in [2.45, 2.75) is 24.0 Å². The Morgan fingerprint density at radius 3 is 2.46 bits per heavy atom. The summed E-state index contributed by atoms with van der Waals surface area (Å²) in [6.07, 6.45) is 3.22. The van der Waals surface area contributed by atoms with Gasteiger partial charge in [0.2, 0.25) is 5.89 Å². The molecule has 9 heteroatoms. The maximum Gasteiger partial charge on any atom is 0.387 e. The van der Waals surface area contributed by atoms with E-state index >= 15 is 0 Å². The van der Waals surface area contributed by atoms with Crippen molar-refractivity contribution in [2.24, 2.45) is 0 Å². The van der Waals surface area contributed by atoms with E-state index in [0.29, 0.717) is 11.5 Å². The highest BCUT2D eigenvalue weighted by molar-refractivity contribution is 8.00. The van der Waals surface area contributed by atoms with E-state index in [1.54, 1.807) is 31.5 Å². The Balaban J connectivity index is 1.65. The summed E-state index contributed by atoms with van der Waals surface area (Å²) in [5, 5.41) is 7.63. The minimum atomic E-state index is -2.90. The third-order valence-corrected chi connectivity index (χ3v) is 4.28. The number of pyridine rings is 1. The predicted molar refractivity (Wildman–Crippen MR) is 90.3 cm³/mol. The third-order valence-electron chi connectivity index (χ3n) is 3.34. The number of thioether (sulfide) groups is 1. The molecule has 2 aromatic heterocycles. The molecule has 6 nitrogen and oxygen atoms in total. The molecule has 3 rings (SSSR count). The molecule has 134 valence electrons. The van der Waals surface area contributed by atoms with Gasteiger partial charge in [-0.15, -0.1) is 10.2 Å². The molecule has 1 unspecified atom stereocenters. The van der Waals surface area contributed by atoms with Gasteiger partial charge in [-0.3, -0.25) is 9.78 Å². The first-order chi connectivity index (χ1) is 12.5. The predicted octanol–water partition coefficient (Wildman–Crippen LogP) is 4.10. The van der Waals surface area contributed by atoms with Crippen molar-refractivity contribution in [3.8, 4) is 17.2 Å². The van der Waals surface area contributed by atoms with Crippen LogP contribution in [0.5, 0.6) is 5.75 Å². The van der Waals surface area contributed by atoms with Gasteiger partial charge in [-0.05, 0) is 43.3 Å². The van der Waals surface area contributed by atoms with E-state index in [-0.39, 0.29) is 16.8 Å². The summed E-state index contributed by atoms with van der Waals surface area (Å²) in [5.74, 6) is 0.140. The van der Waals surface area contributed by atoms with Crippen LogP contribution in [0.3, 0.4) is 0 Å². The number of carbonyl (C=O) groups is 1. The number of halogens is 2. The fourth-order valence-electron chi connectivity index (χ4n) is 2.11. The zero-order valence-corrected chi connectivity index (χ0v) is 14.3. The average Bonchev–Trinajstić information content (AvgIpc) is 3.10. The molecule has 0 saturated carbocycles. The Kier molecular flexibility index (Phi) is 5.57. The Hall–Kier alpha value is -2.81. The van der Waals surface area contributed by atoms with Gasteiger partial charge in [0.15, 0.2) is 5.78 Å². The highest BCUT2D eigenvalue weighted by atomic mass is 32.2. The summed E-state index contributed by atoms with van der Waals surface area (Å²) in [5.41, 5.74) is 1.11. The Labute approximate surface area is 151 Å². The lowest BCUT2D eigenvalue weighted by molar-refractivity contribution is -0.0498. The number of benzene rings is 1. The molecule has 0 fully saturated rings. The van der Waals surface area contributed by atoms with Gasteiger partial charge < -0.3 is 9.15 Å². The minimum Gasteiger partial charge on any atom is -0.435 e. The van der Waals surface area contributed by atoms with E-state index in [9.17, 15) is 13.6 Å². The second-order valence-corrected chi connectivity index (χ2v) is 6.43. The van der Waals surface area contributed by atoms with E-state index < -0.39 is 11.9 Å². The van der Waals surface area contributed by atoms with Crippen molar-refractivity contribution >= 4 is 17.5 Å². The highest BCUT2D eigenvalue weighted by Crippen LogP contribution is 2.28. The van der Waals surface area contributed by atoms with Crippen molar-refractivity contribution in [1.82, 2.24) is 15.2 Å². The third kappa shape index (κ3) is 4.42. The summed E-state index contributed by atoms with van der Waals surface area (Å²) in [4.78, 5) is 16.4. The summed E-state index contributed by atoms with van der Waals surface area (Å²) >= 11 is 1.12. The number of nitrogens with zero attached hydrogens (tertiary/aromatic N) is 3. The molecule has 26 heavy (non-hydrogen) atoms. The van der Waals surface area contributed by atoms with Crippen molar-refractivity contribution in [1.29, 1.82) is 0 Å². The molecule has 1 atom stereocenters.